The molecule has 3 atom stereocenters. The molecule has 0 unspecified atom stereocenters. The van der Waals surface area contributed by atoms with Crippen LogP contribution in [0.4, 0.5) is 26.3 Å². The average molecular weight is 530 g/mol. The first-order valence-corrected chi connectivity index (χ1v) is 11.3. The molecule has 1 aliphatic heterocycles. The smallest absolute Gasteiger partial charge is 0.349 e. The van der Waals surface area contributed by atoms with Gasteiger partial charge >= 0.3 is 11.9 Å². The molecule has 200 valence electrons. The van der Waals surface area contributed by atoms with Crippen LogP contribution in [0.2, 0.25) is 0 Å². The van der Waals surface area contributed by atoms with Crippen molar-refractivity contribution in [2.24, 2.45) is 0 Å². The van der Waals surface area contributed by atoms with Gasteiger partial charge < -0.3 is 9.47 Å². The number of rotatable bonds is 7. The summed E-state index contributed by atoms with van der Waals surface area (Å²) >= 11 is 0. The van der Waals surface area contributed by atoms with Crippen molar-refractivity contribution in [2.45, 2.75) is 50.9 Å². The number of hydrogen-bond acceptors (Lipinski definition) is 5. The molecule has 0 amide bonds. The summed E-state index contributed by atoms with van der Waals surface area (Å²) in [5.41, 5.74) is -2.13. The molecule has 0 radical (unpaired) electrons. The zero-order valence-electron chi connectivity index (χ0n) is 19.8. The number of H-pyrrole nitrogens is 2. The van der Waals surface area contributed by atoms with E-state index in [1.807, 2.05) is 4.90 Å². The third-order valence-corrected chi connectivity index (χ3v) is 6.02. The van der Waals surface area contributed by atoms with Crippen LogP contribution in [0.1, 0.15) is 54.1 Å². The summed E-state index contributed by atoms with van der Waals surface area (Å²) in [5, 5.41) is 4.98. The van der Waals surface area contributed by atoms with E-state index >= 15 is 0 Å². The number of alkyl halides is 5. The number of aromatic amines is 2. The van der Waals surface area contributed by atoms with E-state index in [0.717, 1.165) is 12.1 Å². The van der Waals surface area contributed by atoms with Crippen molar-refractivity contribution in [3.05, 3.63) is 86.8 Å². The van der Waals surface area contributed by atoms with Crippen LogP contribution in [0.15, 0.2) is 47.3 Å². The lowest BCUT2D eigenvalue weighted by molar-refractivity contribution is -0.231. The van der Waals surface area contributed by atoms with Crippen LogP contribution in [0, 0.1) is 5.82 Å². The number of hydrogen-bond donors (Lipinski definition) is 2. The maximum atomic E-state index is 14.0. The maximum Gasteiger partial charge on any atom is 0.416 e. The quantitative estimate of drug-likeness (QED) is 0.418. The second kappa shape index (κ2) is 10.3. The van der Waals surface area contributed by atoms with E-state index in [4.69, 9.17) is 9.47 Å². The standard InChI is InChI=1S/C24H24F6N4O3/c1-13(15-9-16(23(2,26)27)11-17(10-15)24(28,29)30)37-21-20(14-3-5-18(25)6-4-14)34(7-8-36-21)12-19-31-22(35)33-32-19/h3-6,9-11,13,20-21H,7-8,12H2,1-2H3,(H2,31,32,33,35)/t13-,20-,21+/m1/s1. The number of nitrogens with one attached hydrogen (secondary N) is 2. The van der Waals surface area contributed by atoms with E-state index in [9.17, 15) is 31.1 Å². The molecule has 2 N–H and O–H groups in total. The molecule has 3 aromatic rings. The Labute approximate surface area is 207 Å². The summed E-state index contributed by atoms with van der Waals surface area (Å²) in [6, 6.07) is 6.97. The summed E-state index contributed by atoms with van der Waals surface area (Å²) in [5.74, 6) is -3.67. The highest BCUT2D eigenvalue weighted by Gasteiger charge is 2.38. The minimum atomic E-state index is -4.84. The summed E-state index contributed by atoms with van der Waals surface area (Å²) in [6.07, 6.45) is -6.99. The van der Waals surface area contributed by atoms with Crippen LogP contribution in [-0.2, 0) is 28.1 Å². The van der Waals surface area contributed by atoms with E-state index in [1.165, 1.54) is 31.2 Å². The van der Waals surface area contributed by atoms with Crippen LogP contribution in [-0.4, -0.2) is 39.5 Å². The molecule has 37 heavy (non-hydrogen) atoms. The molecular formula is C24H24F6N4O3. The van der Waals surface area contributed by atoms with Gasteiger partial charge in [-0.25, -0.2) is 23.1 Å². The predicted octanol–water partition coefficient (Wildman–Crippen LogP) is 5.05. The van der Waals surface area contributed by atoms with E-state index < -0.39 is 53.2 Å². The van der Waals surface area contributed by atoms with Gasteiger partial charge in [-0.3, -0.25) is 10.00 Å². The summed E-state index contributed by atoms with van der Waals surface area (Å²) < 4.78 is 93.8. The Bertz CT molecular complexity index is 1240. The molecular weight excluding hydrogens is 506 g/mol. The molecule has 0 spiro atoms. The molecule has 2 aromatic carbocycles. The predicted molar refractivity (Wildman–Crippen MR) is 119 cm³/mol. The highest BCUT2D eigenvalue weighted by atomic mass is 19.4. The van der Waals surface area contributed by atoms with Gasteiger partial charge in [0.15, 0.2) is 6.29 Å². The average Bonchev–Trinajstić information content (AvgIpc) is 3.23. The van der Waals surface area contributed by atoms with Crippen molar-refractivity contribution in [2.75, 3.05) is 13.2 Å². The molecule has 0 aliphatic carbocycles. The SMILES string of the molecule is C[C@@H](O[C@@H]1OCCN(Cc2nc(=O)[nH][nH]2)[C@@H]1c1ccc(F)cc1)c1cc(C(C)(F)F)cc(C(F)(F)F)c1. The fourth-order valence-electron chi connectivity index (χ4n) is 4.16. The molecule has 1 aromatic heterocycles. The second-order valence-corrected chi connectivity index (χ2v) is 8.83. The zero-order valence-corrected chi connectivity index (χ0v) is 19.8. The van der Waals surface area contributed by atoms with E-state index in [2.05, 4.69) is 15.2 Å². The Kier molecular flexibility index (Phi) is 7.49. The lowest BCUT2D eigenvalue weighted by Crippen LogP contribution is -2.46. The zero-order chi connectivity index (χ0) is 27.0. The van der Waals surface area contributed by atoms with Crippen molar-refractivity contribution in [1.29, 1.82) is 0 Å². The lowest BCUT2D eigenvalue weighted by Gasteiger charge is -2.41. The van der Waals surface area contributed by atoms with Crippen LogP contribution < -0.4 is 5.69 Å². The van der Waals surface area contributed by atoms with Crippen LogP contribution in [0.3, 0.4) is 0 Å². The van der Waals surface area contributed by atoms with Gasteiger partial charge in [0.05, 0.1) is 30.9 Å². The van der Waals surface area contributed by atoms with Crippen molar-refractivity contribution < 1.29 is 35.8 Å². The normalized spacial score (nSPS) is 20.2. The summed E-state index contributed by atoms with van der Waals surface area (Å²) in [7, 11) is 0. The Balaban J connectivity index is 1.66. The molecule has 13 heteroatoms. The van der Waals surface area contributed by atoms with Gasteiger partial charge in [-0.2, -0.15) is 18.2 Å². The maximum absolute atomic E-state index is 14.0. The molecule has 0 bridgehead atoms. The summed E-state index contributed by atoms with van der Waals surface area (Å²) in [6.45, 7) is 2.62. The van der Waals surface area contributed by atoms with Crippen molar-refractivity contribution in [1.82, 2.24) is 20.1 Å². The number of ether oxygens (including phenoxy) is 2. The number of halogens is 6. The van der Waals surface area contributed by atoms with E-state index in [1.54, 1.807) is 0 Å². The molecule has 2 heterocycles. The largest absolute Gasteiger partial charge is 0.416 e. The lowest BCUT2D eigenvalue weighted by atomic mass is 9.98. The first kappa shape index (κ1) is 26.9. The minimum Gasteiger partial charge on any atom is -0.349 e. The van der Waals surface area contributed by atoms with Crippen LogP contribution in [0.5, 0.6) is 0 Å². The monoisotopic (exact) mass is 530 g/mol. The Morgan fingerprint density at radius 2 is 1.78 bits per heavy atom. The van der Waals surface area contributed by atoms with E-state index in [-0.39, 0.29) is 18.7 Å². The van der Waals surface area contributed by atoms with Crippen molar-refractivity contribution in [3.63, 3.8) is 0 Å². The van der Waals surface area contributed by atoms with Gasteiger partial charge in [0.2, 0.25) is 0 Å². The highest BCUT2D eigenvalue weighted by molar-refractivity contribution is 5.35. The highest BCUT2D eigenvalue weighted by Crippen LogP contribution is 2.39. The number of morpholine rings is 1. The van der Waals surface area contributed by atoms with Gasteiger partial charge in [0.1, 0.15) is 11.6 Å². The first-order valence-electron chi connectivity index (χ1n) is 11.3. The number of aromatic nitrogens is 3. The molecule has 0 saturated carbocycles. The molecule has 1 aliphatic rings. The molecule has 1 saturated heterocycles. The fourth-order valence-corrected chi connectivity index (χ4v) is 4.16. The summed E-state index contributed by atoms with van der Waals surface area (Å²) in [4.78, 5) is 17.1. The number of nitrogens with zero attached hydrogens (tertiary/aromatic N) is 2. The molecule has 1 fully saturated rings. The van der Waals surface area contributed by atoms with Crippen molar-refractivity contribution in [3.8, 4) is 0 Å². The number of benzene rings is 2. The Morgan fingerprint density at radius 1 is 1.11 bits per heavy atom. The second-order valence-electron chi connectivity index (χ2n) is 8.83. The van der Waals surface area contributed by atoms with Crippen molar-refractivity contribution >= 4 is 0 Å². The third kappa shape index (κ3) is 6.40. The van der Waals surface area contributed by atoms with Gasteiger partial charge in [-0.15, -0.1) is 0 Å². The third-order valence-electron chi connectivity index (χ3n) is 6.02. The van der Waals surface area contributed by atoms with Crippen LogP contribution >= 0.6 is 0 Å². The minimum absolute atomic E-state index is 0.110. The van der Waals surface area contributed by atoms with Gasteiger partial charge in [-0.05, 0) is 48.4 Å². The first-order chi connectivity index (χ1) is 17.3. The fraction of sp³-hybridized carbons (Fsp3) is 0.417. The van der Waals surface area contributed by atoms with Gasteiger partial charge in [0, 0.05) is 19.0 Å². The molecule has 7 nitrogen and oxygen atoms in total. The Hall–Kier alpha value is -3.16. The topological polar surface area (TPSA) is 83.2 Å². The van der Waals surface area contributed by atoms with Crippen LogP contribution in [0.25, 0.3) is 0 Å². The van der Waals surface area contributed by atoms with E-state index in [0.29, 0.717) is 30.9 Å². The van der Waals surface area contributed by atoms with Gasteiger partial charge in [-0.1, -0.05) is 12.1 Å². The van der Waals surface area contributed by atoms with Gasteiger partial charge in [0.25, 0.3) is 5.92 Å². The Morgan fingerprint density at radius 3 is 2.38 bits per heavy atom. The molecule has 4 rings (SSSR count).